The van der Waals surface area contributed by atoms with E-state index >= 15 is 0 Å². The van der Waals surface area contributed by atoms with Gasteiger partial charge in [-0.1, -0.05) is 11.6 Å². The van der Waals surface area contributed by atoms with Gasteiger partial charge in [0.15, 0.2) is 0 Å². The Hall–Kier alpha value is 0.280. The maximum atomic E-state index is 2.16. The molecule has 0 atom stereocenters. The van der Waals surface area contributed by atoms with Gasteiger partial charge < -0.3 is 24.8 Å². The van der Waals surface area contributed by atoms with E-state index in [1.54, 1.807) is 0 Å². The molecule has 0 saturated heterocycles. The zero-order chi connectivity index (χ0) is 6.97. The van der Waals surface area contributed by atoms with Gasteiger partial charge in [-0.05, 0) is 6.92 Å². The van der Waals surface area contributed by atoms with Crippen LogP contribution in [0.3, 0.4) is 0 Å². The number of halogens is 2. The molecule has 0 fully saturated rings. The molecule has 2 aromatic carbocycles. The van der Waals surface area contributed by atoms with Crippen LogP contribution in [0.5, 0.6) is 0 Å². The fraction of sp³-hybridized carbons (Fsp3) is 0.100. The number of aryl methyl sites for hydroxylation is 1. The molecule has 0 heterocycles. The summed E-state index contributed by atoms with van der Waals surface area (Å²) in [4.78, 5) is 0. The van der Waals surface area contributed by atoms with Crippen LogP contribution in [0.1, 0.15) is 5.56 Å². The summed E-state index contributed by atoms with van der Waals surface area (Å²) in [6.45, 7) is 2.14. The minimum Gasteiger partial charge on any atom is -1.00 e. The molecule has 13 heavy (non-hydrogen) atoms. The minimum atomic E-state index is 0. The molecular formula is C10H9Cl2Hf+. The first-order chi connectivity index (χ1) is 4.88. The monoisotopic (exact) mass is 379 g/mol. The van der Waals surface area contributed by atoms with E-state index in [1.165, 1.54) is 16.3 Å². The second-order valence-corrected chi connectivity index (χ2v) is 2.60. The predicted molar refractivity (Wildman–Crippen MR) is 44.3 cm³/mol. The van der Waals surface area contributed by atoms with Crippen LogP contribution in [0.25, 0.3) is 10.8 Å². The predicted octanol–water partition coefficient (Wildman–Crippen LogP) is -3.13. The maximum absolute atomic E-state index is 2.16. The molecule has 0 nitrogen and oxygen atoms in total. The Bertz CT molecular complexity index is 354. The Labute approximate surface area is 110 Å². The van der Waals surface area contributed by atoms with Gasteiger partial charge in [-0.15, -0.1) is 29.0 Å². The Kier molecular flexibility index (Phi) is 8.10. The second kappa shape index (κ2) is 6.69. The van der Waals surface area contributed by atoms with Crippen molar-refractivity contribution in [3.63, 3.8) is 0 Å². The summed E-state index contributed by atoms with van der Waals surface area (Å²) in [5.74, 6) is 0. The van der Waals surface area contributed by atoms with Crippen molar-refractivity contribution in [3.8, 4) is 0 Å². The number of rotatable bonds is 0. The van der Waals surface area contributed by atoms with E-state index in [2.05, 4.69) is 43.3 Å². The Morgan fingerprint density at radius 2 is 1.77 bits per heavy atom. The molecule has 0 unspecified atom stereocenters. The molecule has 0 aliphatic heterocycles. The van der Waals surface area contributed by atoms with Crippen molar-refractivity contribution in [1.82, 2.24) is 0 Å². The van der Waals surface area contributed by atoms with E-state index in [-0.39, 0.29) is 50.7 Å². The quantitative estimate of drug-likeness (QED) is 0.336. The van der Waals surface area contributed by atoms with Crippen LogP contribution >= 0.6 is 0 Å². The smallest absolute Gasteiger partial charge is 1.00 e. The van der Waals surface area contributed by atoms with Crippen molar-refractivity contribution >= 4 is 10.8 Å². The molecule has 3 heteroatoms. The third-order valence-corrected chi connectivity index (χ3v) is 1.90. The fourth-order valence-electron chi connectivity index (χ4n) is 1.32. The number of hydrogen-bond donors (Lipinski definition) is 0. The third kappa shape index (κ3) is 3.16. The van der Waals surface area contributed by atoms with Gasteiger partial charge in [0.25, 0.3) is 0 Å². The summed E-state index contributed by atoms with van der Waals surface area (Å²) in [6, 6.07) is 12.8. The van der Waals surface area contributed by atoms with Gasteiger partial charge in [0.05, 0.1) is 0 Å². The van der Waals surface area contributed by atoms with E-state index in [9.17, 15) is 0 Å². The molecule has 66 valence electrons. The molecule has 0 amide bonds. The van der Waals surface area contributed by atoms with E-state index in [4.69, 9.17) is 0 Å². The second-order valence-electron chi connectivity index (χ2n) is 2.60. The standard InChI is InChI=1S/C10H9.2ClH.Hf/c1-8-4-2-5-9-6-3-7-10(8)9;;;/h2-7H,1H3;2*1H;/q-1;;;+4/p-2. The zero-order valence-corrected chi connectivity index (χ0v) is 12.3. The van der Waals surface area contributed by atoms with Gasteiger partial charge >= 0.3 is 25.8 Å². The summed E-state index contributed by atoms with van der Waals surface area (Å²) in [7, 11) is 0. The van der Waals surface area contributed by atoms with Gasteiger partial charge in [-0.2, -0.15) is 12.1 Å². The van der Waals surface area contributed by atoms with E-state index in [0.717, 1.165) is 0 Å². The number of fused-ring (bicyclic) bond motifs is 1. The first kappa shape index (κ1) is 15.7. The average molecular weight is 379 g/mol. The molecule has 0 N–H and O–H groups in total. The largest absolute Gasteiger partial charge is 4.00 e. The molecule has 0 aliphatic carbocycles. The van der Waals surface area contributed by atoms with Crippen LogP contribution in [0.4, 0.5) is 0 Å². The summed E-state index contributed by atoms with van der Waals surface area (Å²) >= 11 is 0. The Balaban J connectivity index is 0. The number of hydrogen-bond acceptors (Lipinski definition) is 0. The van der Waals surface area contributed by atoms with Crippen LogP contribution in [-0.2, 0) is 25.8 Å². The first-order valence-corrected chi connectivity index (χ1v) is 3.49. The molecule has 0 aliphatic rings. The molecule has 0 bridgehead atoms. The Morgan fingerprint density at radius 1 is 1.08 bits per heavy atom. The Morgan fingerprint density at radius 3 is 2.38 bits per heavy atom. The molecule has 2 aromatic rings. The molecule has 0 spiro atoms. The van der Waals surface area contributed by atoms with Crippen LogP contribution in [0.2, 0.25) is 0 Å². The average Bonchev–Trinajstić information content (AvgIpc) is 2.36. The van der Waals surface area contributed by atoms with Gasteiger partial charge in [-0.3, -0.25) is 0 Å². The third-order valence-electron chi connectivity index (χ3n) is 1.90. The zero-order valence-electron chi connectivity index (χ0n) is 7.22. The van der Waals surface area contributed by atoms with Crippen LogP contribution < -0.4 is 24.8 Å². The van der Waals surface area contributed by atoms with Gasteiger partial charge in [-0.25, -0.2) is 0 Å². The molecule has 2 rings (SSSR count). The van der Waals surface area contributed by atoms with Gasteiger partial charge in [0.1, 0.15) is 0 Å². The van der Waals surface area contributed by atoms with Crippen LogP contribution in [-0.4, -0.2) is 0 Å². The van der Waals surface area contributed by atoms with Gasteiger partial charge in [0, 0.05) is 0 Å². The summed E-state index contributed by atoms with van der Waals surface area (Å²) in [5.41, 5.74) is 1.36. The van der Waals surface area contributed by atoms with Crippen molar-refractivity contribution in [2.24, 2.45) is 0 Å². The molecule has 0 saturated carbocycles. The van der Waals surface area contributed by atoms with E-state index < -0.39 is 0 Å². The van der Waals surface area contributed by atoms with Crippen molar-refractivity contribution in [3.05, 3.63) is 42.0 Å². The summed E-state index contributed by atoms with van der Waals surface area (Å²) in [6.07, 6.45) is 0. The summed E-state index contributed by atoms with van der Waals surface area (Å²) in [5, 5.41) is 2.72. The normalized spacial score (nSPS) is 8.08. The van der Waals surface area contributed by atoms with Crippen molar-refractivity contribution in [2.45, 2.75) is 6.92 Å². The number of benzene rings is 1. The molecule has 0 aromatic heterocycles. The summed E-state index contributed by atoms with van der Waals surface area (Å²) < 4.78 is 0. The fourth-order valence-corrected chi connectivity index (χ4v) is 1.32. The van der Waals surface area contributed by atoms with Crippen molar-refractivity contribution < 1.29 is 50.7 Å². The van der Waals surface area contributed by atoms with E-state index in [0.29, 0.717) is 0 Å². The minimum absolute atomic E-state index is 0. The van der Waals surface area contributed by atoms with Crippen LogP contribution in [0, 0.1) is 6.92 Å². The van der Waals surface area contributed by atoms with Crippen molar-refractivity contribution in [2.75, 3.05) is 0 Å². The SMILES string of the molecule is Cc1cccc2[cH-]ccc12.[Cl-].[Cl-].[Hf+4]. The van der Waals surface area contributed by atoms with E-state index in [1.807, 2.05) is 0 Å². The maximum Gasteiger partial charge on any atom is 4.00 e. The molecular weight excluding hydrogens is 370 g/mol. The van der Waals surface area contributed by atoms with Gasteiger partial charge in [0.2, 0.25) is 0 Å². The van der Waals surface area contributed by atoms with Crippen molar-refractivity contribution in [1.29, 1.82) is 0 Å². The first-order valence-electron chi connectivity index (χ1n) is 3.49. The molecule has 0 radical (unpaired) electrons. The topological polar surface area (TPSA) is 0 Å². The van der Waals surface area contributed by atoms with Crippen LogP contribution in [0.15, 0.2) is 36.4 Å².